The van der Waals surface area contributed by atoms with Crippen molar-refractivity contribution in [3.05, 3.63) is 229 Å². The van der Waals surface area contributed by atoms with Crippen LogP contribution in [0.5, 0.6) is 0 Å². The lowest BCUT2D eigenvalue weighted by Crippen LogP contribution is -2.72. The third kappa shape index (κ3) is 6.18. The molecule has 2 aliphatic heterocycles. The van der Waals surface area contributed by atoms with Crippen LogP contribution in [-0.2, 0) is 5.66 Å². The van der Waals surface area contributed by atoms with Gasteiger partial charge in [0.05, 0.1) is 24.8 Å². The fourth-order valence-electron chi connectivity index (χ4n) is 12.6. The molecule has 5 heteroatoms. The highest BCUT2D eigenvalue weighted by Crippen LogP contribution is 2.55. The van der Waals surface area contributed by atoms with E-state index < -0.39 is 19.6 Å². The maximum Gasteiger partial charge on any atom is 0.364 e. The van der Waals surface area contributed by atoms with E-state index in [0.717, 1.165) is 100 Å². The molecule has 1 atom stereocenters. The first-order valence-corrected chi connectivity index (χ1v) is 29.4. The molecule has 14 rings (SSSR count). The summed E-state index contributed by atoms with van der Waals surface area (Å²) < 4.78 is 25.3. The maximum atomic E-state index is 9.73. The minimum Gasteiger partial charge on any atom is -0.455 e. The Labute approximate surface area is 429 Å². The second kappa shape index (κ2) is 15.9. The lowest BCUT2D eigenvalue weighted by molar-refractivity contribution is -0.944. The van der Waals surface area contributed by atoms with E-state index in [1.54, 1.807) is 0 Å². The van der Waals surface area contributed by atoms with Gasteiger partial charge in [0, 0.05) is 34.3 Å². The fourth-order valence-corrected chi connectivity index (χ4v) is 14.3. The summed E-state index contributed by atoms with van der Waals surface area (Å²) in [5, 5.41) is 5.85. The van der Waals surface area contributed by atoms with E-state index in [4.69, 9.17) is 4.42 Å². The zero-order valence-corrected chi connectivity index (χ0v) is 43.5. The van der Waals surface area contributed by atoms with Crippen molar-refractivity contribution in [1.29, 1.82) is 0 Å². The van der Waals surface area contributed by atoms with Gasteiger partial charge in [0.25, 0.3) is 0 Å². The predicted octanol–water partition coefficient (Wildman–Crippen LogP) is 16.3. The van der Waals surface area contributed by atoms with Crippen LogP contribution in [0.15, 0.2) is 211 Å². The Bertz CT molecular complexity index is 4290. The number of fused-ring (bicyclic) bond motifs is 18. The smallest absolute Gasteiger partial charge is 0.364 e. The van der Waals surface area contributed by atoms with Gasteiger partial charge >= 0.3 is 11.5 Å². The van der Waals surface area contributed by atoms with Gasteiger partial charge in [-0.25, -0.2) is 0 Å². The van der Waals surface area contributed by atoms with Crippen molar-refractivity contribution in [3.63, 3.8) is 0 Å². The summed E-state index contributed by atoms with van der Waals surface area (Å²) >= 11 is 0. The van der Waals surface area contributed by atoms with Crippen LogP contribution in [0.25, 0.3) is 105 Å². The molecule has 0 bridgehead atoms. The second-order valence-electron chi connectivity index (χ2n) is 21.9. The molecule has 5 heterocycles. The molecule has 2 aliphatic rings. The summed E-state index contributed by atoms with van der Waals surface area (Å²) in [4.78, 5) is 0. The molecule has 0 aliphatic carbocycles. The Morgan fingerprint density at radius 3 is 1.96 bits per heavy atom. The first-order valence-electron chi connectivity index (χ1n) is 26.4. The highest BCUT2D eigenvalue weighted by molar-refractivity contribution is 6.89. The summed E-state index contributed by atoms with van der Waals surface area (Å²) in [6.45, 7) is 15.9. The van der Waals surface area contributed by atoms with Crippen LogP contribution in [0.4, 0.5) is 0 Å². The van der Waals surface area contributed by atoms with Crippen molar-refractivity contribution in [3.8, 4) is 61.7 Å². The molecule has 0 amide bonds. The normalized spacial score (nSPS) is 15.2. The number of aromatic nitrogens is 3. The van der Waals surface area contributed by atoms with Gasteiger partial charge < -0.3 is 4.42 Å². The Morgan fingerprint density at radius 2 is 1.25 bits per heavy atom. The minimum absolute atomic E-state index is 0.325. The molecule has 0 saturated carbocycles. The highest BCUT2D eigenvalue weighted by Gasteiger charge is 2.67. The Hall–Kier alpha value is -8.12. The van der Waals surface area contributed by atoms with E-state index >= 15 is 0 Å². The van der Waals surface area contributed by atoms with Crippen LogP contribution >= 0.6 is 0 Å². The Balaban J connectivity index is 1.26. The molecule has 1 spiro atoms. The van der Waals surface area contributed by atoms with Crippen LogP contribution < -0.4 is 14.3 Å². The summed E-state index contributed by atoms with van der Waals surface area (Å²) in [7, 11) is -2.13. The summed E-state index contributed by atoms with van der Waals surface area (Å²) in [5.74, 6) is 0.549. The first kappa shape index (κ1) is 42.5. The molecule has 9 aromatic carbocycles. The standard InChI is InChI=1S/C68H57N3OSi/c1-42(2)48-31-34-52-61(38-48)72-66-63(52)55(46-25-15-10-16-26-46)39-57-64(66)67-70(58-35-33-49(44-21-11-8-12-22-44)37-54(58)45-23-13-9-14-24-45)59-36-32-47-27-17-18-28-50(47)65(59)71(67)68(57)56-30-20-19-29-51(56)60-40-53(43(3)4)62(41-69(60)68)73(5,6)7/h8-43H,1-7H3/q+2/i43D. The van der Waals surface area contributed by atoms with Gasteiger partial charge in [-0.1, -0.05) is 187 Å². The van der Waals surface area contributed by atoms with Crippen LogP contribution in [-0.4, -0.2) is 12.6 Å². The van der Waals surface area contributed by atoms with Crippen molar-refractivity contribution < 1.29 is 14.9 Å². The van der Waals surface area contributed by atoms with Crippen molar-refractivity contribution in [2.24, 2.45) is 0 Å². The second-order valence-corrected chi connectivity index (χ2v) is 26.9. The molecule has 3 aromatic heterocycles. The summed E-state index contributed by atoms with van der Waals surface area (Å²) in [6.07, 6.45) is 2.48. The van der Waals surface area contributed by atoms with Gasteiger partial charge in [-0.05, 0) is 111 Å². The molecule has 0 N–H and O–H groups in total. The monoisotopic (exact) mass is 960 g/mol. The SMILES string of the molecule is [2H]C(C)(C)c1cc2[n+](cc1[Si](C)(C)C)C1(c3ccccc3-2)c2cc(-c3ccccc3)c3c(oc4cc(C(C)C)ccc43)c2-c2n(-c3ccc(-c4ccccc4)cc3-c3ccccc3)c3ccc4ccccc4c3[n+]21. The van der Waals surface area contributed by atoms with Gasteiger partial charge in [0.1, 0.15) is 16.8 Å². The van der Waals surface area contributed by atoms with Gasteiger partial charge in [-0.15, -0.1) is 9.13 Å². The molecular formula is C68H57N3OSi+2. The third-order valence-electron chi connectivity index (χ3n) is 16.0. The molecule has 4 nitrogen and oxygen atoms in total. The molecule has 12 aromatic rings. The van der Waals surface area contributed by atoms with Crippen molar-refractivity contribution in [2.75, 3.05) is 0 Å². The first-order chi connectivity index (χ1) is 35.8. The fraction of sp³-hybridized carbons (Fsp3) is 0.147. The average Bonchev–Trinajstić information content (AvgIpc) is 4.22. The molecule has 0 radical (unpaired) electrons. The number of pyridine rings is 1. The van der Waals surface area contributed by atoms with E-state index in [9.17, 15) is 1.37 Å². The predicted molar refractivity (Wildman–Crippen MR) is 305 cm³/mol. The van der Waals surface area contributed by atoms with Gasteiger partial charge in [0.15, 0.2) is 22.8 Å². The lowest BCUT2D eigenvalue weighted by atomic mass is 9.85. The van der Waals surface area contributed by atoms with E-state index in [1.807, 2.05) is 0 Å². The van der Waals surface area contributed by atoms with Gasteiger partial charge in [-0.2, -0.15) is 4.57 Å². The van der Waals surface area contributed by atoms with Crippen molar-refractivity contribution in [2.45, 2.75) is 64.8 Å². The van der Waals surface area contributed by atoms with E-state index in [2.05, 4.69) is 267 Å². The van der Waals surface area contributed by atoms with E-state index in [-0.39, 0.29) is 0 Å². The van der Waals surface area contributed by atoms with Crippen molar-refractivity contribution in [1.82, 2.24) is 4.57 Å². The minimum atomic E-state index is -2.13. The molecule has 0 saturated heterocycles. The maximum absolute atomic E-state index is 9.73. The number of hydrogen-bond acceptors (Lipinski definition) is 1. The third-order valence-corrected chi connectivity index (χ3v) is 18.0. The van der Waals surface area contributed by atoms with E-state index in [0.29, 0.717) is 5.92 Å². The van der Waals surface area contributed by atoms with E-state index in [1.165, 1.54) is 32.6 Å². The molecule has 0 fully saturated rings. The Kier molecular flexibility index (Phi) is 9.29. The molecule has 73 heavy (non-hydrogen) atoms. The lowest BCUT2D eigenvalue weighted by Gasteiger charge is -2.25. The number of imidazole rings is 1. The van der Waals surface area contributed by atoms with Crippen LogP contribution in [0.2, 0.25) is 19.6 Å². The van der Waals surface area contributed by atoms with Crippen molar-refractivity contribution >= 4 is 57.0 Å². The molecular weight excluding hydrogens is 903 g/mol. The molecule has 352 valence electrons. The van der Waals surface area contributed by atoms with Crippen LogP contribution in [0.1, 0.15) is 63.1 Å². The molecule has 1 unspecified atom stereocenters. The number of nitrogens with zero attached hydrogens (tertiary/aromatic N) is 3. The summed E-state index contributed by atoms with van der Waals surface area (Å²) in [6, 6.07) is 74.0. The zero-order valence-electron chi connectivity index (χ0n) is 43.5. The average molecular weight is 961 g/mol. The van der Waals surface area contributed by atoms with Crippen LogP contribution in [0, 0.1) is 0 Å². The van der Waals surface area contributed by atoms with Gasteiger partial charge in [0.2, 0.25) is 5.69 Å². The quantitative estimate of drug-likeness (QED) is 0.115. The number of furan rings is 1. The number of hydrogen-bond donors (Lipinski definition) is 0. The summed E-state index contributed by atoms with van der Waals surface area (Å²) in [5.41, 5.74) is 19.0. The largest absolute Gasteiger partial charge is 0.455 e. The highest BCUT2D eigenvalue weighted by atomic mass is 28.3. The van der Waals surface area contributed by atoms with Crippen LogP contribution in [0.3, 0.4) is 0 Å². The number of benzene rings is 9. The topological polar surface area (TPSA) is 25.8 Å². The Morgan fingerprint density at radius 1 is 0.575 bits per heavy atom. The zero-order chi connectivity index (χ0) is 50.4. The van der Waals surface area contributed by atoms with Gasteiger partial charge in [-0.3, -0.25) is 0 Å². The number of rotatable bonds is 7.